The quantitative estimate of drug-likeness (QED) is 0.774. The van der Waals surface area contributed by atoms with Crippen molar-refractivity contribution in [3.8, 4) is 0 Å². The first-order valence-electron chi connectivity index (χ1n) is 4.30. The molecule has 0 saturated heterocycles. The van der Waals surface area contributed by atoms with Crippen LogP contribution in [0.5, 0.6) is 0 Å². The molecule has 0 radical (unpaired) electrons. The van der Waals surface area contributed by atoms with E-state index < -0.39 is 23.8 Å². The zero-order valence-electron chi connectivity index (χ0n) is 7.74. The lowest BCUT2D eigenvalue weighted by Crippen LogP contribution is -2.25. The van der Waals surface area contributed by atoms with E-state index in [2.05, 4.69) is 0 Å². The number of aliphatic hydroxyl groups is 2. The fourth-order valence-electron chi connectivity index (χ4n) is 1.08. The van der Waals surface area contributed by atoms with Crippen molar-refractivity contribution in [3.05, 3.63) is 35.4 Å². The van der Waals surface area contributed by atoms with Crippen LogP contribution < -0.4 is 0 Å². The summed E-state index contributed by atoms with van der Waals surface area (Å²) in [4.78, 5) is 0. The topological polar surface area (TPSA) is 40.5 Å². The summed E-state index contributed by atoms with van der Waals surface area (Å²) in [7, 11) is 0. The molecule has 1 aromatic rings. The Morgan fingerprint density at radius 1 is 1.29 bits per heavy atom. The second-order valence-corrected chi connectivity index (χ2v) is 3.25. The normalized spacial score (nSPS) is 15.2. The average molecular weight is 202 g/mol. The third-order valence-electron chi connectivity index (χ3n) is 2.00. The van der Waals surface area contributed by atoms with E-state index in [-0.39, 0.29) is 12.0 Å². The van der Waals surface area contributed by atoms with Crippen molar-refractivity contribution in [2.24, 2.45) is 0 Å². The molecule has 2 N–H and O–H groups in total. The van der Waals surface area contributed by atoms with Crippen molar-refractivity contribution in [2.45, 2.75) is 25.6 Å². The van der Waals surface area contributed by atoms with Crippen LogP contribution in [-0.2, 0) is 6.42 Å². The van der Waals surface area contributed by atoms with Crippen LogP contribution in [0.25, 0.3) is 0 Å². The van der Waals surface area contributed by atoms with E-state index in [1.807, 2.05) is 0 Å². The summed E-state index contributed by atoms with van der Waals surface area (Å²) in [5.41, 5.74) is 0.194. The summed E-state index contributed by atoms with van der Waals surface area (Å²) in [6, 6.07) is 3.13. The number of aliphatic hydroxyl groups excluding tert-OH is 2. The molecule has 0 heterocycles. The molecule has 78 valence electrons. The molecule has 0 bridgehead atoms. The maximum atomic E-state index is 13.0. The van der Waals surface area contributed by atoms with Crippen LogP contribution in [-0.4, -0.2) is 22.4 Å². The number of hydrogen-bond donors (Lipinski definition) is 2. The van der Waals surface area contributed by atoms with Crippen molar-refractivity contribution in [2.75, 3.05) is 0 Å². The van der Waals surface area contributed by atoms with Gasteiger partial charge in [-0.25, -0.2) is 8.78 Å². The molecule has 2 atom stereocenters. The molecule has 0 aliphatic rings. The molecule has 0 aliphatic heterocycles. The van der Waals surface area contributed by atoms with Crippen molar-refractivity contribution in [3.63, 3.8) is 0 Å². The molecule has 0 aliphatic carbocycles. The average Bonchev–Trinajstić information content (AvgIpc) is 2.09. The lowest BCUT2D eigenvalue weighted by atomic mass is 10.0. The van der Waals surface area contributed by atoms with Crippen LogP contribution in [0, 0.1) is 11.6 Å². The van der Waals surface area contributed by atoms with Crippen molar-refractivity contribution >= 4 is 0 Å². The molecule has 14 heavy (non-hydrogen) atoms. The van der Waals surface area contributed by atoms with Gasteiger partial charge in [-0.15, -0.1) is 0 Å². The molecule has 4 heteroatoms. The summed E-state index contributed by atoms with van der Waals surface area (Å²) in [5, 5.41) is 18.2. The van der Waals surface area contributed by atoms with Gasteiger partial charge in [-0.05, 0) is 18.6 Å². The zero-order chi connectivity index (χ0) is 10.7. The first kappa shape index (κ1) is 11.1. The molecule has 2 unspecified atom stereocenters. The highest BCUT2D eigenvalue weighted by Crippen LogP contribution is 2.12. The highest BCUT2D eigenvalue weighted by molar-refractivity contribution is 5.19. The standard InChI is InChI=1S/C10H12F2O2/c1-6(13)10(14)4-7-2-3-8(11)5-9(7)12/h2-3,5-6,10,13-14H,4H2,1H3. The SMILES string of the molecule is CC(O)C(O)Cc1ccc(F)cc1F. The summed E-state index contributed by atoms with van der Waals surface area (Å²) in [5.74, 6) is -1.36. The fraction of sp³-hybridized carbons (Fsp3) is 0.400. The Kier molecular flexibility index (Phi) is 3.55. The number of halogens is 2. The molecular weight excluding hydrogens is 190 g/mol. The monoisotopic (exact) mass is 202 g/mol. The van der Waals surface area contributed by atoms with E-state index in [1.165, 1.54) is 13.0 Å². The second-order valence-electron chi connectivity index (χ2n) is 3.25. The highest BCUT2D eigenvalue weighted by Gasteiger charge is 2.14. The van der Waals surface area contributed by atoms with E-state index in [0.29, 0.717) is 0 Å². The predicted molar refractivity (Wildman–Crippen MR) is 47.7 cm³/mol. The van der Waals surface area contributed by atoms with Crippen LogP contribution in [0.15, 0.2) is 18.2 Å². The second kappa shape index (κ2) is 4.48. The first-order valence-corrected chi connectivity index (χ1v) is 4.30. The number of hydrogen-bond acceptors (Lipinski definition) is 2. The maximum absolute atomic E-state index is 13.0. The highest BCUT2D eigenvalue weighted by atomic mass is 19.1. The largest absolute Gasteiger partial charge is 0.391 e. The molecule has 0 spiro atoms. The van der Waals surface area contributed by atoms with Crippen molar-refractivity contribution in [1.29, 1.82) is 0 Å². The Bertz CT molecular complexity index is 313. The van der Waals surface area contributed by atoms with Crippen molar-refractivity contribution < 1.29 is 19.0 Å². The number of rotatable bonds is 3. The van der Waals surface area contributed by atoms with E-state index in [1.54, 1.807) is 0 Å². The first-order chi connectivity index (χ1) is 6.50. The van der Waals surface area contributed by atoms with Crippen LogP contribution >= 0.6 is 0 Å². The molecule has 0 fully saturated rings. The molecule has 1 aromatic carbocycles. The molecular formula is C10H12F2O2. The van der Waals surface area contributed by atoms with Gasteiger partial charge in [0.1, 0.15) is 11.6 Å². The number of benzene rings is 1. The van der Waals surface area contributed by atoms with Crippen LogP contribution in [0.3, 0.4) is 0 Å². The minimum Gasteiger partial charge on any atom is -0.391 e. The third kappa shape index (κ3) is 2.75. The van der Waals surface area contributed by atoms with E-state index in [0.717, 1.165) is 12.1 Å². The van der Waals surface area contributed by atoms with Gasteiger partial charge in [0.05, 0.1) is 12.2 Å². The van der Waals surface area contributed by atoms with Gasteiger partial charge in [0.2, 0.25) is 0 Å². The van der Waals surface area contributed by atoms with Crippen LogP contribution in [0.1, 0.15) is 12.5 Å². The van der Waals surface area contributed by atoms with Gasteiger partial charge in [0, 0.05) is 12.5 Å². The lowest BCUT2D eigenvalue weighted by molar-refractivity contribution is 0.0315. The summed E-state index contributed by atoms with van der Waals surface area (Å²) < 4.78 is 25.5. The third-order valence-corrected chi connectivity index (χ3v) is 2.00. The summed E-state index contributed by atoms with van der Waals surface area (Å²) in [6.45, 7) is 1.41. The summed E-state index contributed by atoms with van der Waals surface area (Å²) in [6.07, 6.45) is -1.99. The minimum atomic E-state index is -1.03. The Balaban J connectivity index is 2.77. The molecule has 2 nitrogen and oxygen atoms in total. The van der Waals surface area contributed by atoms with Gasteiger partial charge in [-0.2, -0.15) is 0 Å². The fourth-order valence-corrected chi connectivity index (χ4v) is 1.08. The Morgan fingerprint density at radius 2 is 1.93 bits per heavy atom. The van der Waals surface area contributed by atoms with Crippen LogP contribution in [0.4, 0.5) is 8.78 Å². The lowest BCUT2D eigenvalue weighted by Gasteiger charge is -2.13. The maximum Gasteiger partial charge on any atom is 0.129 e. The van der Waals surface area contributed by atoms with Gasteiger partial charge < -0.3 is 10.2 Å². The van der Waals surface area contributed by atoms with Gasteiger partial charge in [0.15, 0.2) is 0 Å². The van der Waals surface area contributed by atoms with E-state index >= 15 is 0 Å². The Morgan fingerprint density at radius 3 is 2.43 bits per heavy atom. The molecule has 0 saturated carbocycles. The zero-order valence-corrected chi connectivity index (χ0v) is 7.74. The Hall–Kier alpha value is -1.00. The van der Waals surface area contributed by atoms with Gasteiger partial charge in [-0.3, -0.25) is 0 Å². The molecule has 0 aromatic heterocycles. The van der Waals surface area contributed by atoms with Gasteiger partial charge >= 0.3 is 0 Å². The van der Waals surface area contributed by atoms with Gasteiger partial charge in [-0.1, -0.05) is 6.07 Å². The predicted octanol–water partition coefficient (Wildman–Crippen LogP) is 1.25. The van der Waals surface area contributed by atoms with Crippen molar-refractivity contribution in [1.82, 2.24) is 0 Å². The van der Waals surface area contributed by atoms with Gasteiger partial charge in [0.25, 0.3) is 0 Å². The summed E-state index contributed by atoms with van der Waals surface area (Å²) >= 11 is 0. The van der Waals surface area contributed by atoms with Crippen LogP contribution in [0.2, 0.25) is 0 Å². The smallest absolute Gasteiger partial charge is 0.129 e. The van der Waals surface area contributed by atoms with E-state index in [4.69, 9.17) is 5.11 Å². The molecule has 1 rings (SSSR count). The minimum absolute atomic E-state index is 0.0240. The molecule has 0 amide bonds. The Labute approximate surface area is 80.8 Å². The van der Waals surface area contributed by atoms with E-state index in [9.17, 15) is 13.9 Å².